The van der Waals surface area contributed by atoms with Gasteiger partial charge in [0, 0.05) is 32.4 Å². The smallest absolute Gasteiger partial charge is 0.302 e. The van der Waals surface area contributed by atoms with E-state index in [1.165, 1.54) is 23.6 Å². The molecule has 0 unspecified atom stereocenters. The lowest BCUT2D eigenvalue weighted by Crippen LogP contribution is -2.17. The topological polar surface area (TPSA) is 64.1 Å². The van der Waals surface area contributed by atoms with E-state index in [0.29, 0.717) is 13.2 Å². The number of hydrogen-bond acceptors (Lipinski definition) is 5. The van der Waals surface area contributed by atoms with Crippen LogP contribution >= 0.6 is 0 Å². The van der Waals surface area contributed by atoms with Crippen LogP contribution in [0.25, 0.3) is 0 Å². The number of nitrogens with zero attached hydrogens (tertiary/aromatic N) is 2. The second-order valence-electron chi connectivity index (χ2n) is 6.13. The van der Waals surface area contributed by atoms with Crippen LogP contribution in [0.3, 0.4) is 0 Å². The Morgan fingerprint density at radius 1 is 1.04 bits per heavy atom. The molecule has 0 fully saturated rings. The number of benzene rings is 1. The van der Waals surface area contributed by atoms with Crippen LogP contribution in [0.4, 0.5) is 0 Å². The molecule has 0 atom stereocenters. The van der Waals surface area contributed by atoms with Crippen LogP contribution in [0.2, 0.25) is 0 Å². The number of ether oxygens (including phenoxy) is 1. The van der Waals surface area contributed by atoms with E-state index >= 15 is 0 Å². The first kappa shape index (κ1) is 18.1. The second kappa shape index (κ2) is 8.02. The van der Waals surface area contributed by atoms with Gasteiger partial charge >= 0.3 is 5.97 Å². The highest BCUT2D eigenvalue weighted by molar-refractivity contribution is 5.66. The molecule has 24 heavy (non-hydrogen) atoms. The second-order valence-corrected chi connectivity index (χ2v) is 6.13. The van der Waals surface area contributed by atoms with Crippen molar-refractivity contribution < 1.29 is 9.53 Å². The first-order valence-corrected chi connectivity index (χ1v) is 8.08. The van der Waals surface area contributed by atoms with Crippen molar-refractivity contribution in [1.82, 2.24) is 15.3 Å². The highest BCUT2D eigenvalue weighted by Crippen LogP contribution is 2.23. The third-order valence-corrected chi connectivity index (χ3v) is 4.15. The summed E-state index contributed by atoms with van der Waals surface area (Å²) in [7, 11) is 0. The van der Waals surface area contributed by atoms with Crippen LogP contribution in [0.5, 0.6) is 0 Å². The molecule has 5 nitrogen and oxygen atoms in total. The maximum Gasteiger partial charge on any atom is 0.302 e. The number of aryl methyl sites for hydroxylation is 3. The van der Waals surface area contributed by atoms with Crippen LogP contribution < -0.4 is 5.32 Å². The summed E-state index contributed by atoms with van der Waals surface area (Å²) in [6.45, 7) is 11.3. The largest absolute Gasteiger partial charge is 0.461 e. The highest BCUT2D eigenvalue weighted by atomic mass is 16.5. The molecule has 0 saturated carbocycles. The average molecular weight is 327 g/mol. The Balaban J connectivity index is 2.09. The molecule has 0 aliphatic heterocycles. The number of esters is 1. The van der Waals surface area contributed by atoms with E-state index in [1.807, 2.05) is 6.92 Å². The zero-order valence-electron chi connectivity index (χ0n) is 15.1. The molecule has 0 aliphatic rings. The standard InChI is InChI=1S/C19H25N3O2/c1-12-6-13(2)19(11-24-16(5)23)15(4)18(12)10-20-8-17-9-21-14(3)7-22-17/h6-7,9,20H,8,10-11H2,1-5H3. The summed E-state index contributed by atoms with van der Waals surface area (Å²) < 4.78 is 5.19. The van der Waals surface area contributed by atoms with Gasteiger partial charge in [-0.3, -0.25) is 14.8 Å². The Bertz CT molecular complexity index is 724. The fraction of sp³-hybridized carbons (Fsp3) is 0.421. The van der Waals surface area contributed by atoms with Gasteiger partial charge in [-0.25, -0.2) is 0 Å². The number of nitrogens with one attached hydrogen (secondary N) is 1. The van der Waals surface area contributed by atoms with Gasteiger partial charge in [-0.05, 0) is 55.5 Å². The zero-order chi connectivity index (χ0) is 17.7. The molecule has 1 aromatic heterocycles. The lowest BCUT2D eigenvalue weighted by Gasteiger charge is -2.18. The minimum absolute atomic E-state index is 0.257. The third kappa shape index (κ3) is 4.61. The number of carbonyl (C=O) groups is 1. The van der Waals surface area contributed by atoms with Gasteiger partial charge in [-0.15, -0.1) is 0 Å². The molecule has 0 saturated heterocycles. The van der Waals surface area contributed by atoms with Crippen molar-refractivity contribution in [2.75, 3.05) is 0 Å². The number of hydrogen-bond donors (Lipinski definition) is 1. The highest BCUT2D eigenvalue weighted by Gasteiger charge is 2.12. The van der Waals surface area contributed by atoms with Crippen molar-refractivity contribution >= 4 is 5.97 Å². The molecule has 0 amide bonds. The van der Waals surface area contributed by atoms with Crippen molar-refractivity contribution in [3.8, 4) is 0 Å². The maximum atomic E-state index is 11.1. The maximum absolute atomic E-state index is 11.1. The molecular weight excluding hydrogens is 302 g/mol. The fourth-order valence-corrected chi connectivity index (χ4v) is 2.77. The molecule has 2 rings (SSSR count). The number of aromatic nitrogens is 2. The van der Waals surface area contributed by atoms with E-state index in [-0.39, 0.29) is 5.97 Å². The SMILES string of the molecule is CC(=O)OCc1c(C)cc(C)c(CNCc2cnc(C)cn2)c1C. The predicted molar refractivity (Wildman–Crippen MR) is 93.4 cm³/mol. The van der Waals surface area contributed by atoms with Crippen molar-refractivity contribution in [3.05, 3.63) is 57.7 Å². The predicted octanol–water partition coefficient (Wildman–Crippen LogP) is 3.06. The van der Waals surface area contributed by atoms with Crippen LogP contribution in [-0.4, -0.2) is 15.9 Å². The third-order valence-electron chi connectivity index (χ3n) is 4.15. The minimum Gasteiger partial charge on any atom is -0.461 e. The van der Waals surface area contributed by atoms with Crippen LogP contribution in [-0.2, 0) is 29.2 Å². The van der Waals surface area contributed by atoms with E-state index in [4.69, 9.17) is 4.74 Å². The summed E-state index contributed by atoms with van der Waals surface area (Å²) in [6, 6.07) is 2.15. The lowest BCUT2D eigenvalue weighted by molar-refractivity contribution is -0.142. The van der Waals surface area contributed by atoms with Gasteiger partial charge in [0.15, 0.2) is 0 Å². The molecule has 5 heteroatoms. The van der Waals surface area contributed by atoms with Crippen LogP contribution in [0.1, 0.15) is 46.1 Å². The molecule has 0 radical (unpaired) electrons. The number of rotatable bonds is 6. The van der Waals surface area contributed by atoms with Gasteiger partial charge in [0.05, 0.1) is 11.4 Å². The van der Waals surface area contributed by atoms with Gasteiger partial charge in [-0.2, -0.15) is 0 Å². The Morgan fingerprint density at radius 2 is 1.75 bits per heavy atom. The van der Waals surface area contributed by atoms with Crippen LogP contribution in [0.15, 0.2) is 18.5 Å². The van der Waals surface area contributed by atoms with E-state index < -0.39 is 0 Å². The molecular formula is C19H25N3O2. The van der Waals surface area contributed by atoms with E-state index in [1.54, 1.807) is 12.4 Å². The average Bonchev–Trinajstić information content (AvgIpc) is 2.51. The van der Waals surface area contributed by atoms with Crippen molar-refractivity contribution in [1.29, 1.82) is 0 Å². The van der Waals surface area contributed by atoms with Crippen molar-refractivity contribution in [2.24, 2.45) is 0 Å². The lowest BCUT2D eigenvalue weighted by atomic mass is 9.93. The minimum atomic E-state index is -0.257. The molecule has 0 aliphatic carbocycles. The normalized spacial score (nSPS) is 10.7. The fourth-order valence-electron chi connectivity index (χ4n) is 2.77. The first-order chi connectivity index (χ1) is 11.4. The van der Waals surface area contributed by atoms with Gasteiger partial charge in [0.2, 0.25) is 0 Å². The summed E-state index contributed by atoms with van der Waals surface area (Å²) in [5.74, 6) is -0.257. The quantitative estimate of drug-likeness (QED) is 0.826. The van der Waals surface area contributed by atoms with Crippen LogP contribution in [0, 0.1) is 27.7 Å². The molecule has 0 spiro atoms. The molecule has 128 valence electrons. The Hall–Kier alpha value is -2.27. The monoisotopic (exact) mass is 327 g/mol. The molecule has 1 aromatic carbocycles. The molecule has 0 bridgehead atoms. The Kier molecular flexibility index (Phi) is 6.04. The van der Waals surface area contributed by atoms with Gasteiger partial charge in [0.1, 0.15) is 6.61 Å². The Labute approximate surface area is 143 Å². The zero-order valence-corrected chi connectivity index (χ0v) is 15.1. The van der Waals surface area contributed by atoms with E-state index in [0.717, 1.165) is 29.1 Å². The summed E-state index contributed by atoms with van der Waals surface area (Å²) in [6.07, 6.45) is 3.57. The van der Waals surface area contributed by atoms with Gasteiger partial charge in [-0.1, -0.05) is 6.07 Å². The van der Waals surface area contributed by atoms with Crippen molar-refractivity contribution in [2.45, 2.75) is 54.3 Å². The van der Waals surface area contributed by atoms with Crippen molar-refractivity contribution in [3.63, 3.8) is 0 Å². The molecule has 1 heterocycles. The summed E-state index contributed by atoms with van der Waals surface area (Å²) in [5, 5.41) is 3.42. The Morgan fingerprint density at radius 3 is 2.38 bits per heavy atom. The number of carbonyl (C=O) groups excluding carboxylic acids is 1. The van der Waals surface area contributed by atoms with Gasteiger partial charge < -0.3 is 10.1 Å². The molecule has 2 aromatic rings. The summed E-state index contributed by atoms with van der Waals surface area (Å²) in [4.78, 5) is 19.7. The van der Waals surface area contributed by atoms with E-state index in [9.17, 15) is 4.79 Å². The summed E-state index contributed by atoms with van der Waals surface area (Å²) >= 11 is 0. The van der Waals surface area contributed by atoms with Gasteiger partial charge in [0.25, 0.3) is 0 Å². The molecule has 1 N–H and O–H groups in total. The summed E-state index contributed by atoms with van der Waals surface area (Å²) in [5.41, 5.74) is 7.72. The first-order valence-electron chi connectivity index (χ1n) is 8.08. The van der Waals surface area contributed by atoms with E-state index in [2.05, 4.69) is 42.1 Å².